The van der Waals surface area contributed by atoms with Crippen molar-refractivity contribution in [3.05, 3.63) is 77.6 Å². The molecule has 1 fully saturated rings. The molecule has 0 radical (unpaired) electrons. The van der Waals surface area contributed by atoms with E-state index < -0.39 is 18.3 Å². The SMILES string of the molecule is CC(C)(c1ccc(OCc2ccnc(NS(C)(=O)=O)n2)cc1)c1ccc(OC(CO[Si](C)(C)C(C)(C)C)C2CCCCC2)cc1. The van der Waals surface area contributed by atoms with Gasteiger partial charge in [0.2, 0.25) is 16.0 Å². The number of ether oxygens (including phenoxy) is 2. The minimum Gasteiger partial charge on any atom is -0.488 e. The molecule has 1 aliphatic rings. The van der Waals surface area contributed by atoms with E-state index in [0.29, 0.717) is 24.0 Å². The lowest BCUT2D eigenvalue weighted by Gasteiger charge is -2.39. The maximum atomic E-state index is 11.5. The largest absolute Gasteiger partial charge is 0.488 e. The molecule has 3 aromatic rings. The van der Waals surface area contributed by atoms with E-state index in [-0.39, 0.29) is 29.1 Å². The highest BCUT2D eigenvalue weighted by Crippen LogP contribution is 2.38. The summed E-state index contributed by atoms with van der Waals surface area (Å²) in [6.07, 6.45) is 8.89. The van der Waals surface area contributed by atoms with Gasteiger partial charge in [-0.2, -0.15) is 0 Å². The van der Waals surface area contributed by atoms with Gasteiger partial charge in [-0.3, -0.25) is 4.72 Å². The number of aromatic nitrogens is 2. The van der Waals surface area contributed by atoms with Crippen molar-refractivity contribution >= 4 is 24.3 Å². The minimum atomic E-state index is -3.45. The Morgan fingerprint density at radius 3 is 2.02 bits per heavy atom. The molecule has 4 rings (SSSR count). The fourth-order valence-corrected chi connectivity index (χ4v) is 6.83. The highest BCUT2D eigenvalue weighted by atomic mass is 32.2. The Morgan fingerprint density at radius 1 is 0.889 bits per heavy atom. The molecule has 8 nitrogen and oxygen atoms in total. The molecule has 2 aromatic carbocycles. The van der Waals surface area contributed by atoms with Crippen molar-refractivity contribution in [1.29, 1.82) is 0 Å². The van der Waals surface area contributed by atoms with E-state index >= 15 is 0 Å². The van der Waals surface area contributed by atoms with Gasteiger partial charge in [0.25, 0.3) is 0 Å². The van der Waals surface area contributed by atoms with Gasteiger partial charge in [0, 0.05) is 11.6 Å². The van der Waals surface area contributed by atoms with Crippen LogP contribution in [0.1, 0.15) is 83.5 Å². The molecule has 1 saturated carbocycles. The quantitative estimate of drug-likeness (QED) is 0.186. The molecule has 45 heavy (non-hydrogen) atoms. The lowest BCUT2D eigenvalue weighted by molar-refractivity contribution is 0.0558. The van der Waals surface area contributed by atoms with Crippen LogP contribution < -0.4 is 14.2 Å². The summed E-state index contributed by atoms with van der Waals surface area (Å²) < 4.78 is 44.5. The fraction of sp³-hybridized carbons (Fsp3) is 0.543. The molecular formula is C35H51N3O5SSi. The van der Waals surface area contributed by atoms with Crippen LogP contribution in [0.5, 0.6) is 11.5 Å². The van der Waals surface area contributed by atoms with Crippen molar-refractivity contribution in [2.45, 2.75) is 103 Å². The third kappa shape index (κ3) is 9.77. The molecule has 1 unspecified atom stereocenters. The molecule has 0 saturated heterocycles. The monoisotopic (exact) mass is 653 g/mol. The standard InChI is InChI=1S/C35H51N3O5SSi/c1-34(2,3)45(7,8)42-25-32(26-12-10-9-11-13-26)43-31-20-16-28(17-21-31)35(4,5)27-14-18-30(19-15-27)41-24-29-22-23-36-33(37-29)38-44(6,39)40/h14-23,26,32H,9-13,24-25H2,1-8H3,(H,36,37,38). The van der Waals surface area contributed by atoms with Crippen molar-refractivity contribution in [3.8, 4) is 11.5 Å². The summed E-state index contributed by atoms with van der Waals surface area (Å²) in [7, 11) is -5.33. The van der Waals surface area contributed by atoms with Crippen LogP contribution in [0.25, 0.3) is 0 Å². The first-order valence-corrected chi connectivity index (χ1v) is 20.8. The van der Waals surface area contributed by atoms with Gasteiger partial charge < -0.3 is 13.9 Å². The second-order valence-electron chi connectivity index (χ2n) is 14.3. The second kappa shape index (κ2) is 14.2. The highest BCUT2D eigenvalue weighted by Gasteiger charge is 2.39. The molecule has 1 aromatic heterocycles. The number of anilines is 1. The average molecular weight is 654 g/mol. The zero-order chi connectivity index (χ0) is 32.9. The lowest BCUT2D eigenvalue weighted by Crippen LogP contribution is -2.45. The van der Waals surface area contributed by atoms with Crippen molar-refractivity contribution < 1.29 is 22.3 Å². The molecule has 1 heterocycles. The molecule has 0 aliphatic heterocycles. The molecule has 0 bridgehead atoms. The molecule has 10 heteroatoms. The van der Waals surface area contributed by atoms with Crippen LogP contribution in [0, 0.1) is 5.92 Å². The predicted molar refractivity (Wildman–Crippen MR) is 184 cm³/mol. The van der Waals surface area contributed by atoms with Gasteiger partial charge in [-0.25, -0.2) is 18.4 Å². The molecule has 1 atom stereocenters. The summed E-state index contributed by atoms with van der Waals surface area (Å²) >= 11 is 0. The number of sulfonamides is 1. The average Bonchev–Trinajstić information content (AvgIpc) is 2.98. The summed E-state index contributed by atoms with van der Waals surface area (Å²) in [5, 5.41) is 0.168. The highest BCUT2D eigenvalue weighted by molar-refractivity contribution is 7.91. The molecule has 0 spiro atoms. The molecule has 1 N–H and O–H groups in total. The number of hydrogen-bond donors (Lipinski definition) is 1. The van der Waals surface area contributed by atoms with Crippen molar-refractivity contribution in [2.24, 2.45) is 5.92 Å². The van der Waals surface area contributed by atoms with E-state index in [9.17, 15) is 8.42 Å². The molecule has 1 aliphatic carbocycles. The third-order valence-corrected chi connectivity index (χ3v) is 14.5. The lowest BCUT2D eigenvalue weighted by atomic mass is 9.78. The molecular weight excluding hydrogens is 603 g/mol. The van der Waals surface area contributed by atoms with Crippen LogP contribution in [-0.4, -0.2) is 45.7 Å². The van der Waals surface area contributed by atoms with Crippen LogP contribution in [0.4, 0.5) is 5.95 Å². The molecule has 246 valence electrons. The predicted octanol–water partition coefficient (Wildman–Crippen LogP) is 8.10. The minimum absolute atomic E-state index is 0.0242. The maximum Gasteiger partial charge on any atom is 0.236 e. The summed E-state index contributed by atoms with van der Waals surface area (Å²) in [6.45, 7) is 16.8. The Morgan fingerprint density at radius 2 is 1.47 bits per heavy atom. The van der Waals surface area contributed by atoms with Crippen molar-refractivity contribution in [3.63, 3.8) is 0 Å². The Bertz CT molecular complexity index is 1500. The van der Waals surface area contributed by atoms with E-state index in [1.54, 1.807) is 6.07 Å². The number of hydrogen-bond acceptors (Lipinski definition) is 7. The van der Waals surface area contributed by atoms with Crippen molar-refractivity contribution in [1.82, 2.24) is 9.97 Å². The molecule has 0 amide bonds. The Balaban J connectivity index is 1.40. The van der Waals surface area contributed by atoms with Gasteiger partial charge in [-0.05, 0) is 78.4 Å². The van der Waals surface area contributed by atoms with Crippen LogP contribution in [0.3, 0.4) is 0 Å². The van der Waals surface area contributed by atoms with Gasteiger partial charge in [0.05, 0.1) is 18.6 Å². The Hall–Kier alpha value is -2.95. The topological polar surface area (TPSA) is 99.6 Å². The number of nitrogens with one attached hydrogen (secondary N) is 1. The first-order valence-electron chi connectivity index (χ1n) is 16.0. The smallest absolute Gasteiger partial charge is 0.236 e. The van der Waals surface area contributed by atoms with Gasteiger partial charge >= 0.3 is 0 Å². The maximum absolute atomic E-state index is 11.5. The summed E-state index contributed by atoms with van der Waals surface area (Å²) in [5.74, 6) is 2.15. The Kier molecular flexibility index (Phi) is 11.0. The Labute approximate surface area is 271 Å². The van der Waals surface area contributed by atoms with E-state index in [0.717, 1.165) is 17.6 Å². The van der Waals surface area contributed by atoms with Gasteiger partial charge in [0.15, 0.2) is 8.32 Å². The third-order valence-electron chi connectivity index (χ3n) is 9.41. The van der Waals surface area contributed by atoms with E-state index in [1.165, 1.54) is 43.9 Å². The van der Waals surface area contributed by atoms with E-state index in [4.69, 9.17) is 13.9 Å². The van der Waals surface area contributed by atoms with E-state index in [2.05, 4.69) is 98.8 Å². The van der Waals surface area contributed by atoms with Crippen molar-refractivity contribution in [2.75, 3.05) is 17.6 Å². The van der Waals surface area contributed by atoms with E-state index in [1.807, 2.05) is 12.1 Å². The van der Waals surface area contributed by atoms with Gasteiger partial charge in [0.1, 0.15) is 24.2 Å². The number of rotatable bonds is 13. The summed E-state index contributed by atoms with van der Waals surface area (Å²) in [6, 6.07) is 18.3. The summed E-state index contributed by atoms with van der Waals surface area (Å²) in [5.41, 5.74) is 2.69. The zero-order valence-electron chi connectivity index (χ0n) is 28.2. The normalized spacial score (nSPS) is 15.8. The number of nitrogens with zero attached hydrogens (tertiary/aromatic N) is 2. The van der Waals surface area contributed by atoms with Crippen LogP contribution in [-0.2, 0) is 26.5 Å². The first kappa shape index (κ1) is 34.9. The zero-order valence-corrected chi connectivity index (χ0v) is 30.0. The van der Waals surface area contributed by atoms with Crippen LogP contribution in [0.15, 0.2) is 60.8 Å². The fourth-order valence-electron chi connectivity index (χ4n) is 5.39. The van der Waals surface area contributed by atoms with Gasteiger partial charge in [-0.1, -0.05) is 78.1 Å². The summed E-state index contributed by atoms with van der Waals surface area (Å²) in [4.78, 5) is 8.15. The van der Waals surface area contributed by atoms with Crippen LogP contribution in [0.2, 0.25) is 18.1 Å². The first-order chi connectivity index (χ1) is 21.0. The number of benzene rings is 2. The second-order valence-corrected chi connectivity index (χ2v) is 20.9. The van der Waals surface area contributed by atoms with Gasteiger partial charge in [-0.15, -0.1) is 0 Å². The van der Waals surface area contributed by atoms with Crippen LogP contribution >= 0.6 is 0 Å².